The Kier molecular flexibility index (Phi) is 1.62. The van der Waals surface area contributed by atoms with Crippen molar-refractivity contribution in [3.63, 3.8) is 0 Å². The second-order valence-electron chi connectivity index (χ2n) is 3.40. The number of aryl methyl sites for hydroxylation is 1. The minimum Gasteiger partial charge on any atom is -0.336 e. The molecule has 0 aliphatic carbocycles. The van der Waals surface area contributed by atoms with Gasteiger partial charge < -0.3 is 4.57 Å². The molecule has 13 heavy (non-hydrogen) atoms. The molecule has 0 amide bonds. The Hall–Kier alpha value is -0.890. The molecule has 0 spiro atoms. The van der Waals surface area contributed by atoms with E-state index < -0.39 is 0 Å². The van der Waals surface area contributed by atoms with Crippen LogP contribution in [0.1, 0.15) is 6.42 Å². The minimum absolute atomic E-state index is 1.19. The molecule has 2 aromatic rings. The van der Waals surface area contributed by atoms with E-state index >= 15 is 0 Å². The van der Waals surface area contributed by atoms with Crippen molar-refractivity contribution in [3.05, 3.63) is 30.3 Å². The van der Waals surface area contributed by atoms with Crippen molar-refractivity contribution in [2.75, 3.05) is 5.75 Å². The van der Waals surface area contributed by atoms with Gasteiger partial charge in [0.1, 0.15) is 0 Å². The van der Waals surface area contributed by atoms with Crippen LogP contribution in [0.3, 0.4) is 0 Å². The zero-order valence-corrected chi connectivity index (χ0v) is 8.18. The van der Waals surface area contributed by atoms with Gasteiger partial charge >= 0.3 is 0 Å². The van der Waals surface area contributed by atoms with Crippen LogP contribution in [0.4, 0.5) is 0 Å². The van der Waals surface area contributed by atoms with Crippen molar-refractivity contribution >= 4 is 22.7 Å². The third-order valence-corrected chi connectivity index (χ3v) is 3.68. The topological polar surface area (TPSA) is 4.93 Å². The number of nitrogens with zero attached hydrogens (tertiary/aromatic N) is 1. The largest absolute Gasteiger partial charge is 0.336 e. The number of fused-ring (bicyclic) bond motifs is 3. The molecule has 0 radical (unpaired) electrons. The van der Waals surface area contributed by atoms with Gasteiger partial charge in [0.25, 0.3) is 0 Å². The molecule has 1 aliphatic rings. The summed E-state index contributed by atoms with van der Waals surface area (Å²) in [5.41, 5.74) is 1.39. The fourth-order valence-corrected chi connectivity index (χ4v) is 2.97. The molecule has 0 atom stereocenters. The van der Waals surface area contributed by atoms with Gasteiger partial charge in [0, 0.05) is 23.2 Å². The molecular weight excluding hydrogens is 178 g/mol. The standard InChI is InChI=1S/C11H11NS/c1-2-5-10-9(4-1)8-11-12(10)6-3-7-13-11/h1-2,4-5,8H,3,6-7H2. The minimum atomic E-state index is 1.19. The number of hydrogen-bond acceptors (Lipinski definition) is 1. The Labute approximate surface area is 81.7 Å². The van der Waals surface area contributed by atoms with Crippen molar-refractivity contribution < 1.29 is 0 Å². The lowest BCUT2D eigenvalue weighted by molar-refractivity contribution is 0.643. The Morgan fingerprint density at radius 3 is 3.15 bits per heavy atom. The number of hydrogen-bond donors (Lipinski definition) is 0. The van der Waals surface area contributed by atoms with Gasteiger partial charge in [-0.05, 0) is 18.6 Å². The summed E-state index contributed by atoms with van der Waals surface area (Å²) in [7, 11) is 0. The molecule has 3 rings (SSSR count). The van der Waals surface area contributed by atoms with E-state index in [0.29, 0.717) is 0 Å². The molecular formula is C11H11NS. The Bertz CT molecular complexity index is 444. The average molecular weight is 189 g/mol. The summed E-state index contributed by atoms with van der Waals surface area (Å²) < 4.78 is 2.43. The van der Waals surface area contributed by atoms with E-state index in [-0.39, 0.29) is 0 Å². The van der Waals surface area contributed by atoms with E-state index in [2.05, 4.69) is 34.9 Å². The number of para-hydroxylation sites is 1. The van der Waals surface area contributed by atoms with Gasteiger partial charge in [-0.3, -0.25) is 0 Å². The molecule has 0 bridgehead atoms. The maximum Gasteiger partial charge on any atom is 0.0759 e. The molecule has 0 N–H and O–H groups in total. The highest BCUT2D eigenvalue weighted by molar-refractivity contribution is 7.99. The number of thioether (sulfide) groups is 1. The van der Waals surface area contributed by atoms with Gasteiger partial charge in [-0.2, -0.15) is 0 Å². The maximum atomic E-state index is 2.43. The Balaban J connectivity index is 2.34. The highest BCUT2D eigenvalue weighted by Gasteiger charge is 2.11. The molecule has 0 saturated carbocycles. The fraction of sp³-hybridized carbons (Fsp3) is 0.273. The van der Waals surface area contributed by atoms with E-state index in [9.17, 15) is 0 Å². The van der Waals surface area contributed by atoms with Crippen LogP contribution in [0.5, 0.6) is 0 Å². The van der Waals surface area contributed by atoms with Crippen LogP contribution >= 0.6 is 11.8 Å². The van der Waals surface area contributed by atoms with E-state index in [0.717, 1.165) is 0 Å². The first-order chi connectivity index (χ1) is 6.45. The van der Waals surface area contributed by atoms with E-state index in [1.165, 1.54) is 34.6 Å². The highest BCUT2D eigenvalue weighted by Crippen LogP contribution is 2.31. The van der Waals surface area contributed by atoms with Gasteiger partial charge in [-0.15, -0.1) is 11.8 Å². The molecule has 0 saturated heterocycles. The second-order valence-corrected chi connectivity index (χ2v) is 4.51. The summed E-state index contributed by atoms with van der Waals surface area (Å²) >= 11 is 1.98. The lowest BCUT2D eigenvalue weighted by Gasteiger charge is -2.14. The van der Waals surface area contributed by atoms with Crippen LogP contribution in [0.2, 0.25) is 0 Å². The van der Waals surface area contributed by atoms with Crippen LogP contribution in [-0.4, -0.2) is 10.3 Å². The van der Waals surface area contributed by atoms with E-state index in [1.54, 1.807) is 0 Å². The van der Waals surface area contributed by atoms with E-state index in [4.69, 9.17) is 0 Å². The Morgan fingerprint density at radius 1 is 1.23 bits per heavy atom. The van der Waals surface area contributed by atoms with Crippen LogP contribution in [0.15, 0.2) is 35.4 Å². The average Bonchev–Trinajstić information content (AvgIpc) is 2.56. The van der Waals surface area contributed by atoms with E-state index in [1.807, 2.05) is 11.8 Å². The number of aromatic nitrogens is 1. The van der Waals surface area contributed by atoms with Crippen molar-refractivity contribution in [1.82, 2.24) is 4.57 Å². The molecule has 66 valence electrons. The van der Waals surface area contributed by atoms with Gasteiger partial charge in [-0.1, -0.05) is 18.2 Å². The van der Waals surface area contributed by atoms with Gasteiger partial charge in [0.05, 0.1) is 5.03 Å². The fourth-order valence-electron chi connectivity index (χ4n) is 1.93. The molecule has 0 fully saturated rings. The molecule has 0 unspecified atom stereocenters. The van der Waals surface area contributed by atoms with Gasteiger partial charge in [-0.25, -0.2) is 0 Å². The Morgan fingerprint density at radius 2 is 2.15 bits per heavy atom. The number of benzene rings is 1. The summed E-state index contributed by atoms with van der Waals surface area (Å²) in [4.78, 5) is 0. The lowest BCUT2D eigenvalue weighted by atomic mass is 10.2. The molecule has 1 nitrogen and oxygen atoms in total. The first-order valence-corrected chi connectivity index (χ1v) is 5.65. The molecule has 2 heteroatoms. The van der Waals surface area contributed by atoms with Crippen molar-refractivity contribution in [2.24, 2.45) is 0 Å². The quantitative estimate of drug-likeness (QED) is 0.616. The monoisotopic (exact) mass is 189 g/mol. The van der Waals surface area contributed by atoms with Crippen LogP contribution in [0, 0.1) is 0 Å². The predicted molar refractivity (Wildman–Crippen MR) is 57.3 cm³/mol. The zero-order valence-electron chi connectivity index (χ0n) is 7.36. The van der Waals surface area contributed by atoms with Gasteiger partial charge in [0.2, 0.25) is 0 Å². The third-order valence-electron chi connectivity index (χ3n) is 2.55. The summed E-state index contributed by atoms with van der Waals surface area (Å²) in [5, 5.41) is 2.82. The summed E-state index contributed by atoms with van der Waals surface area (Å²) in [5.74, 6) is 1.27. The summed E-state index contributed by atoms with van der Waals surface area (Å²) in [6.07, 6.45) is 1.30. The normalized spacial score (nSPS) is 16.0. The van der Waals surface area contributed by atoms with Crippen LogP contribution in [0.25, 0.3) is 10.9 Å². The summed E-state index contributed by atoms with van der Waals surface area (Å²) in [6, 6.07) is 10.9. The molecule has 1 aromatic carbocycles. The lowest BCUT2D eigenvalue weighted by Crippen LogP contribution is -2.05. The molecule has 2 heterocycles. The highest BCUT2D eigenvalue weighted by atomic mass is 32.2. The van der Waals surface area contributed by atoms with Crippen LogP contribution < -0.4 is 0 Å². The van der Waals surface area contributed by atoms with Crippen molar-refractivity contribution in [3.8, 4) is 0 Å². The smallest absolute Gasteiger partial charge is 0.0759 e. The predicted octanol–water partition coefficient (Wildman–Crippen LogP) is 3.14. The summed E-state index contributed by atoms with van der Waals surface area (Å²) in [6.45, 7) is 1.19. The van der Waals surface area contributed by atoms with Crippen LogP contribution in [-0.2, 0) is 6.54 Å². The first-order valence-electron chi connectivity index (χ1n) is 4.66. The SMILES string of the molecule is c1ccc2c(c1)cc1n2CCCS1. The second kappa shape index (κ2) is 2.81. The molecule has 1 aliphatic heterocycles. The number of rotatable bonds is 0. The molecule has 1 aromatic heterocycles. The van der Waals surface area contributed by atoms with Gasteiger partial charge in [0.15, 0.2) is 0 Å². The van der Waals surface area contributed by atoms with Crippen molar-refractivity contribution in [2.45, 2.75) is 18.0 Å². The van der Waals surface area contributed by atoms with Crippen molar-refractivity contribution in [1.29, 1.82) is 0 Å². The maximum absolute atomic E-state index is 2.43. The zero-order chi connectivity index (χ0) is 8.67. The first kappa shape index (κ1) is 7.51. The third kappa shape index (κ3) is 1.09.